The van der Waals surface area contributed by atoms with Crippen LogP contribution < -0.4 is 5.73 Å². The van der Waals surface area contributed by atoms with Crippen LogP contribution in [0.4, 0.5) is 0 Å². The SMILES string of the molecule is C=CCC=CC=CC=C(CC=C)c1c(C(N)=O)sc2ccccc12. The van der Waals surface area contributed by atoms with Crippen LogP contribution in [0.2, 0.25) is 0 Å². The first-order valence-corrected chi connectivity index (χ1v) is 8.56. The molecular weight excluding hydrogens is 314 g/mol. The molecule has 0 atom stereocenters. The highest BCUT2D eigenvalue weighted by Gasteiger charge is 2.18. The Morgan fingerprint density at radius 1 is 1.12 bits per heavy atom. The molecule has 122 valence electrons. The standard InChI is InChI=1S/C21H21NOS/c1-3-5-6-7-8-9-13-16(12-4-2)19-17-14-10-11-15-18(17)24-20(19)21(22)23/h3-4,6-11,13-15H,1-2,5,12H2,(H2,22,23). The number of allylic oxidation sites excluding steroid dienone is 8. The van der Waals surface area contributed by atoms with Crippen molar-refractivity contribution in [2.45, 2.75) is 12.8 Å². The molecule has 1 aromatic carbocycles. The van der Waals surface area contributed by atoms with Gasteiger partial charge in [-0.2, -0.15) is 0 Å². The minimum absolute atomic E-state index is 0.393. The normalized spacial score (nSPS) is 12.2. The van der Waals surface area contributed by atoms with Crippen molar-refractivity contribution in [1.82, 2.24) is 0 Å². The van der Waals surface area contributed by atoms with E-state index in [9.17, 15) is 4.79 Å². The van der Waals surface area contributed by atoms with Gasteiger partial charge in [0.25, 0.3) is 5.91 Å². The number of nitrogens with two attached hydrogens (primary N) is 1. The Kier molecular flexibility index (Phi) is 6.52. The van der Waals surface area contributed by atoms with Crippen molar-refractivity contribution in [1.29, 1.82) is 0 Å². The Labute approximate surface area is 147 Å². The van der Waals surface area contributed by atoms with Crippen LogP contribution in [0.3, 0.4) is 0 Å². The van der Waals surface area contributed by atoms with E-state index < -0.39 is 5.91 Å². The molecule has 2 nitrogen and oxygen atoms in total. The van der Waals surface area contributed by atoms with Crippen molar-refractivity contribution in [2.24, 2.45) is 5.73 Å². The average Bonchev–Trinajstić information content (AvgIpc) is 2.97. The first-order chi connectivity index (χ1) is 11.7. The summed E-state index contributed by atoms with van der Waals surface area (Å²) in [7, 11) is 0. The fourth-order valence-electron chi connectivity index (χ4n) is 2.44. The zero-order chi connectivity index (χ0) is 17.4. The van der Waals surface area contributed by atoms with E-state index >= 15 is 0 Å². The van der Waals surface area contributed by atoms with Gasteiger partial charge in [0.05, 0.1) is 0 Å². The van der Waals surface area contributed by atoms with Gasteiger partial charge in [-0.3, -0.25) is 4.79 Å². The molecule has 2 rings (SSSR count). The number of rotatable bonds is 8. The van der Waals surface area contributed by atoms with Gasteiger partial charge >= 0.3 is 0 Å². The molecule has 0 aliphatic carbocycles. The first-order valence-electron chi connectivity index (χ1n) is 7.75. The molecule has 0 bridgehead atoms. The second-order valence-corrected chi connectivity index (χ2v) is 6.24. The van der Waals surface area contributed by atoms with E-state index in [4.69, 9.17) is 5.73 Å². The van der Waals surface area contributed by atoms with E-state index in [-0.39, 0.29) is 0 Å². The van der Waals surface area contributed by atoms with Crippen LogP contribution in [-0.2, 0) is 0 Å². The Bertz CT molecular complexity index is 837. The van der Waals surface area contributed by atoms with E-state index in [0.29, 0.717) is 11.3 Å². The molecular formula is C21H21NOS. The number of amides is 1. The van der Waals surface area contributed by atoms with Crippen LogP contribution in [0.15, 0.2) is 80.0 Å². The summed E-state index contributed by atoms with van der Waals surface area (Å²) in [6.07, 6.45) is 15.1. The smallest absolute Gasteiger partial charge is 0.259 e. The average molecular weight is 335 g/mol. The van der Waals surface area contributed by atoms with Gasteiger partial charge in [0.2, 0.25) is 0 Å². The van der Waals surface area contributed by atoms with Crippen LogP contribution >= 0.6 is 11.3 Å². The first kappa shape index (κ1) is 17.7. The summed E-state index contributed by atoms with van der Waals surface area (Å²) in [6, 6.07) is 7.98. The maximum absolute atomic E-state index is 11.9. The van der Waals surface area contributed by atoms with Crippen molar-refractivity contribution in [3.63, 3.8) is 0 Å². The molecule has 0 unspecified atom stereocenters. The van der Waals surface area contributed by atoms with Gasteiger partial charge in [-0.25, -0.2) is 0 Å². The van der Waals surface area contributed by atoms with Gasteiger partial charge in [0.1, 0.15) is 4.88 Å². The van der Waals surface area contributed by atoms with E-state index in [1.54, 1.807) is 0 Å². The molecule has 2 aromatic rings. The Morgan fingerprint density at radius 3 is 2.62 bits per heavy atom. The second kappa shape index (κ2) is 8.85. The third kappa shape index (κ3) is 4.21. The Morgan fingerprint density at radius 2 is 1.92 bits per heavy atom. The molecule has 3 heteroatoms. The monoisotopic (exact) mass is 335 g/mol. The molecule has 0 fully saturated rings. The van der Waals surface area contributed by atoms with Crippen LogP contribution in [-0.4, -0.2) is 5.91 Å². The van der Waals surface area contributed by atoms with Crippen LogP contribution in [0.25, 0.3) is 15.7 Å². The van der Waals surface area contributed by atoms with E-state index in [0.717, 1.165) is 27.6 Å². The summed E-state index contributed by atoms with van der Waals surface area (Å²) in [5, 5.41) is 1.06. The lowest BCUT2D eigenvalue weighted by molar-refractivity contribution is 0.100. The largest absolute Gasteiger partial charge is 0.365 e. The molecule has 0 radical (unpaired) electrons. The summed E-state index contributed by atoms with van der Waals surface area (Å²) in [5.74, 6) is -0.393. The van der Waals surface area contributed by atoms with Crippen molar-refractivity contribution in [2.75, 3.05) is 0 Å². The summed E-state index contributed by atoms with van der Waals surface area (Å²) < 4.78 is 1.06. The minimum Gasteiger partial charge on any atom is -0.365 e. The summed E-state index contributed by atoms with van der Waals surface area (Å²) in [5.41, 5.74) is 7.55. The highest BCUT2D eigenvalue weighted by molar-refractivity contribution is 7.21. The van der Waals surface area contributed by atoms with Gasteiger partial charge < -0.3 is 5.73 Å². The highest BCUT2D eigenvalue weighted by Crippen LogP contribution is 2.37. The molecule has 1 amide bonds. The molecule has 1 heterocycles. The zero-order valence-corrected chi connectivity index (χ0v) is 14.4. The van der Waals surface area contributed by atoms with Crippen molar-refractivity contribution >= 4 is 32.9 Å². The fraction of sp³-hybridized carbons (Fsp3) is 0.0952. The van der Waals surface area contributed by atoms with Gasteiger partial charge in [-0.1, -0.05) is 60.7 Å². The lowest BCUT2D eigenvalue weighted by Gasteiger charge is -2.06. The number of primary amides is 1. The summed E-state index contributed by atoms with van der Waals surface area (Å²) in [6.45, 7) is 7.51. The topological polar surface area (TPSA) is 43.1 Å². The number of carbonyl (C=O) groups excluding carboxylic acids is 1. The lowest BCUT2D eigenvalue weighted by Crippen LogP contribution is -2.10. The van der Waals surface area contributed by atoms with Crippen molar-refractivity contribution in [3.05, 3.63) is 90.4 Å². The number of thiophene rings is 1. The number of benzene rings is 1. The van der Waals surface area contributed by atoms with Crippen molar-refractivity contribution in [3.8, 4) is 0 Å². The predicted octanol–water partition coefficient (Wildman–Crippen LogP) is 5.65. The summed E-state index contributed by atoms with van der Waals surface area (Å²) >= 11 is 1.44. The minimum atomic E-state index is -0.393. The van der Waals surface area contributed by atoms with Crippen molar-refractivity contribution < 1.29 is 4.79 Å². The van der Waals surface area contributed by atoms with Gasteiger partial charge in [0, 0.05) is 15.6 Å². The molecule has 0 aliphatic heterocycles. The molecule has 2 N–H and O–H groups in total. The van der Waals surface area contributed by atoms with Crippen LogP contribution in [0.1, 0.15) is 28.1 Å². The Balaban J connectivity index is 2.49. The fourth-order valence-corrected chi connectivity index (χ4v) is 3.53. The second-order valence-electron chi connectivity index (χ2n) is 5.19. The van der Waals surface area contributed by atoms with Crippen LogP contribution in [0, 0.1) is 0 Å². The summed E-state index contributed by atoms with van der Waals surface area (Å²) in [4.78, 5) is 12.5. The van der Waals surface area contributed by atoms with Gasteiger partial charge in [-0.15, -0.1) is 24.5 Å². The van der Waals surface area contributed by atoms with E-state index in [1.807, 2.05) is 66.8 Å². The quantitative estimate of drug-likeness (QED) is 0.492. The molecule has 1 aromatic heterocycles. The number of carbonyl (C=O) groups is 1. The number of hydrogen-bond acceptors (Lipinski definition) is 2. The zero-order valence-electron chi connectivity index (χ0n) is 13.6. The highest BCUT2D eigenvalue weighted by atomic mass is 32.1. The van der Waals surface area contributed by atoms with Crippen LogP contribution in [0.5, 0.6) is 0 Å². The van der Waals surface area contributed by atoms with Gasteiger partial charge in [-0.05, 0) is 24.5 Å². The number of fused-ring (bicyclic) bond motifs is 1. The maximum Gasteiger partial charge on any atom is 0.259 e. The Hall–Kier alpha value is -2.65. The number of hydrogen-bond donors (Lipinski definition) is 1. The third-order valence-electron chi connectivity index (χ3n) is 3.46. The lowest BCUT2D eigenvalue weighted by atomic mass is 9.98. The molecule has 0 saturated heterocycles. The molecule has 0 aliphatic rings. The molecule has 0 spiro atoms. The van der Waals surface area contributed by atoms with E-state index in [1.165, 1.54) is 11.3 Å². The predicted molar refractivity (Wildman–Crippen MR) is 106 cm³/mol. The molecule has 0 saturated carbocycles. The molecule has 24 heavy (non-hydrogen) atoms. The maximum atomic E-state index is 11.9. The van der Waals surface area contributed by atoms with E-state index in [2.05, 4.69) is 13.2 Å². The van der Waals surface area contributed by atoms with Gasteiger partial charge in [0.15, 0.2) is 0 Å². The third-order valence-corrected chi connectivity index (χ3v) is 4.65.